The molecule has 0 aromatic rings. The number of hydrogen-bond acceptors (Lipinski definition) is 3. The molecular formula is C6H11NO2. The van der Waals surface area contributed by atoms with Crippen LogP contribution in [-0.2, 0) is 9.53 Å². The maximum absolute atomic E-state index is 10.5. The topological polar surface area (TPSA) is 52.3 Å². The van der Waals surface area contributed by atoms with Crippen molar-refractivity contribution in [2.75, 3.05) is 7.11 Å². The average Bonchev–Trinajstić information content (AvgIpc) is 1.87. The van der Waals surface area contributed by atoms with Crippen molar-refractivity contribution >= 4 is 5.97 Å². The molecule has 3 nitrogen and oxygen atoms in total. The molecule has 0 bridgehead atoms. The van der Waals surface area contributed by atoms with E-state index in [4.69, 9.17) is 5.73 Å². The first kappa shape index (κ1) is 8.01. The van der Waals surface area contributed by atoms with E-state index in [1.807, 2.05) is 0 Å². The Morgan fingerprint density at radius 3 is 2.67 bits per heavy atom. The fourth-order valence-corrected chi connectivity index (χ4v) is 0.359. The predicted octanol–water partition coefficient (Wildman–Crippen LogP) is 0.412. The van der Waals surface area contributed by atoms with Crippen LogP contribution in [0.25, 0.3) is 0 Å². The van der Waals surface area contributed by atoms with Crippen LogP contribution in [-0.4, -0.2) is 13.1 Å². The minimum absolute atomic E-state index is 0.255. The third-order valence-corrected chi connectivity index (χ3v) is 0.935. The third kappa shape index (κ3) is 3.58. The lowest BCUT2D eigenvalue weighted by Gasteiger charge is -1.96. The SMILES string of the molecule is COC(=O)C/C(C)=C/N. The summed E-state index contributed by atoms with van der Waals surface area (Å²) in [6.45, 7) is 1.77. The molecule has 0 radical (unpaired) electrons. The quantitative estimate of drug-likeness (QED) is 0.549. The van der Waals surface area contributed by atoms with Gasteiger partial charge in [0.15, 0.2) is 0 Å². The Bertz CT molecular complexity index is 129. The lowest BCUT2D eigenvalue weighted by atomic mass is 10.2. The van der Waals surface area contributed by atoms with Crippen molar-refractivity contribution in [3.05, 3.63) is 11.8 Å². The van der Waals surface area contributed by atoms with Gasteiger partial charge in [-0.2, -0.15) is 0 Å². The maximum atomic E-state index is 10.5. The van der Waals surface area contributed by atoms with Crippen LogP contribution in [0.5, 0.6) is 0 Å². The van der Waals surface area contributed by atoms with Gasteiger partial charge < -0.3 is 10.5 Å². The number of methoxy groups -OCH3 is 1. The van der Waals surface area contributed by atoms with E-state index in [0.717, 1.165) is 5.57 Å². The van der Waals surface area contributed by atoms with Gasteiger partial charge in [0.2, 0.25) is 0 Å². The van der Waals surface area contributed by atoms with Crippen LogP contribution in [0.1, 0.15) is 13.3 Å². The fourth-order valence-electron chi connectivity index (χ4n) is 0.359. The Hall–Kier alpha value is -0.990. The highest BCUT2D eigenvalue weighted by atomic mass is 16.5. The van der Waals surface area contributed by atoms with Gasteiger partial charge in [0.1, 0.15) is 0 Å². The Morgan fingerprint density at radius 2 is 2.33 bits per heavy atom. The second-order valence-corrected chi connectivity index (χ2v) is 1.77. The van der Waals surface area contributed by atoms with Gasteiger partial charge in [-0.15, -0.1) is 0 Å². The summed E-state index contributed by atoms with van der Waals surface area (Å²) < 4.78 is 4.39. The van der Waals surface area contributed by atoms with Crippen LogP contribution in [0.3, 0.4) is 0 Å². The molecule has 0 spiro atoms. The van der Waals surface area contributed by atoms with Gasteiger partial charge in [-0.25, -0.2) is 0 Å². The molecule has 0 aromatic heterocycles. The van der Waals surface area contributed by atoms with Crippen molar-refractivity contribution < 1.29 is 9.53 Å². The summed E-state index contributed by atoms with van der Waals surface area (Å²) in [5.41, 5.74) is 5.93. The maximum Gasteiger partial charge on any atom is 0.309 e. The van der Waals surface area contributed by atoms with Gasteiger partial charge in [0, 0.05) is 0 Å². The first-order chi connectivity index (χ1) is 4.20. The summed E-state index contributed by atoms with van der Waals surface area (Å²) in [5.74, 6) is -0.255. The molecule has 0 saturated heterocycles. The van der Waals surface area contributed by atoms with Gasteiger partial charge >= 0.3 is 5.97 Å². The van der Waals surface area contributed by atoms with E-state index >= 15 is 0 Å². The number of esters is 1. The summed E-state index contributed by atoms with van der Waals surface area (Å²) in [5, 5.41) is 0. The lowest BCUT2D eigenvalue weighted by Crippen LogP contribution is -2.01. The van der Waals surface area contributed by atoms with E-state index in [2.05, 4.69) is 4.74 Å². The zero-order valence-corrected chi connectivity index (χ0v) is 5.68. The van der Waals surface area contributed by atoms with Crippen molar-refractivity contribution in [1.82, 2.24) is 0 Å². The van der Waals surface area contributed by atoms with Crippen LogP contribution in [0.15, 0.2) is 11.8 Å². The normalized spacial score (nSPS) is 11.1. The van der Waals surface area contributed by atoms with E-state index in [9.17, 15) is 4.79 Å². The van der Waals surface area contributed by atoms with Crippen molar-refractivity contribution in [2.45, 2.75) is 13.3 Å². The smallest absolute Gasteiger partial charge is 0.309 e. The first-order valence-electron chi connectivity index (χ1n) is 2.65. The van der Waals surface area contributed by atoms with Gasteiger partial charge in [0.25, 0.3) is 0 Å². The van der Waals surface area contributed by atoms with Crippen molar-refractivity contribution in [2.24, 2.45) is 5.73 Å². The van der Waals surface area contributed by atoms with E-state index in [0.29, 0.717) is 0 Å². The van der Waals surface area contributed by atoms with Crippen LogP contribution in [0, 0.1) is 0 Å². The number of nitrogens with two attached hydrogens (primary N) is 1. The zero-order chi connectivity index (χ0) is 7.28. The molecule has 0 rings (SSSR count). The molecule has 0 saturated carbocycles. The first-order valence-corrected chi connectivity index (χ1v) is 2.65. The van der Waals surface area contributed by atoms with E-state index in [1.54, 1.807) is 6.92 Å². The lowest BCUT2D eigenvalue weighted by molar-refractivity contribution is -0.139. The molecule has 0 atom stereocenters. The highest BCUT2D eigenvalue weighted by Gasteiger charge is 1.98. The summed E-state index contributed by atoms with van der Waals surface area (Å²) in [4.78, 5) is 10.5. The molecule has 0 heterocycles. The molecule has 0 aliphatic heterocycles. The van der Waals surface area contributed by atoms with Crippen LogP contribution < -0.4 is 5.73 Å². The number of rotatable bonds is 2. The number of carbonyl (C=O) groups is 1. The van der Waals surface area contributed by atoms with E-state index in [-0.39, 0.29) is 12.4 Å². The van der Waals surface area contributed by atoms with Gasteiger partial charge in [-0.3, -0.25) is 4.79 Å². The highest BCUT2D eigenvalue weighted by molar-refractivity contribution is 5.71. The minimum Gasteiger partial charge on any atom is -0.469 e. The Morgan fingerprint density at radius 1 is 1.78 bits per heavy atom. The largest absolute Gasteiger partial charge is 0.469 e. The van der Waals surface area contributed by atoms with Crippen LogP contribution in [0.2, 0.25) is 0 Å². The molecule has 9 heavy (non-hydrogen) atoms. The Labute approximate surface area is 54.5 Å². The molecule has 0 aliphatic carbocycles. The monoisotopic (exact) mass is 129 g/mol. The molecular weight excluding hydrogens is 118 g/mol. The summed E-state index contributed by atoms with van der Waals surface area (Å²) in [7, 11) is 1.35. The predicted molar refractivity (Wildman–Crippen MR) is 34.6 cm³/mol. The number of ether oxygens (including phenoxy) is 1. The summed E-state index contributed by atoms with van der Waals surface area (Å²) >= 11 is 0. The highest BCUT2D eigenvalue weighted by Crippen LogP contribution is 1.97. The Kier molecular flexibility index (Phi) is 3.51. The molecule has 0 unspecified atom stereocenters. The van der Waals surface area contributed by atoms with Crippen molar-refractivity contribution in [3.63, 3.8) is 0 Å². The standard InChI is InChI=1S/C6H11NO2/c1-5(4-7)3-6(8)9-2/h4H,3,7H2,1-2H3/b5-4+. The van der Waals surface area contributed by atoms with Gasteiger partial charge in [-0.1, -0.05) is 0 Å². The molecule has 0 aliphatic rings. The second kappa shape index (κ2) is 3.95. The number of hydrogen-bond donors (Lipinski definition) is 1. The third-order valence-electron chi connectivity index (χ3n) is 0.935. The van der Waals surface area contributed by atoms with Crippen molar-refractivity contribution in [1.29, 1.82) is 0 Å². The van der Waals surface area contributed by atoms with E-state index < -0.39 is 0 Å². The van der Waals surface area contributed by atoms with Gasteiger partial charge in [0.05, 0.1) is 13.5 Å². The molecule has 0 amide bonds. The molecule has 0 aromatic carbocycles. The summed E-state index contributed by atoms with van der Waals surface area (Å²) in [6, 6.07) is 0. The van der Waals surface area contributed by atoms with Crippen LogP contribution in [0.4, 0.5) is 0 Å². The molecule has 52 valence electrons. The molecule has 0 fully saturated rings. The Balaban J connectivity index is 3.60. The van der Waals surface area contributed by atoms with Gasteiger partial charge in [-0.05, 0) is 18.7 Å². The number of carbonyl (C=O) groups excluding carboxylic acids is 1. The molecule has 2 N–H and O–H groups in total. The molecule has 3 heteroatoms. The second-order valence-electron chi connectivity index (χ2n) is 1.77. The van der Waals surface area contributed by atoms with Crippen molar-refractivity contribution in [3.8, 4) is 0 Å². The minimum atomic E-state index is -0.255. The van der Waals surface area contributed by atoms with E-state index in [1.165, 1.54) is 13.3 Å². The summed E-state index contributed by atoms with van der Waals surface area (Å²) in [6.07, 6.45) is 1.68. The zero-order valence-electron chi connectivity index (χ0n) is 5.68. The fraction of sp³-hybridized carbons (Fsp3) is 0.500. The van der Waals surface area contributed by atoms with Crippen LogP contribution >= 0.6 is 0 Å². The average molecular weight is 129 g/mol.